The predicted molar refractivity (Wildman–Crippen MR) is 102 cm³/mol. The minimum atomic E-state index is 0.0436. The van der Waals surface area contributed by atoms with Crippen LogP contribution in [0.5, 0.6) is 5.75 Å². The van der Waals surface area contributed by atoms with Crippen LogP contribution in [-0.4, -0.2) is 59.4 Å². The van der Waals surface area contributed by atoms with E-state index >= 15 is 0 Å². The van der Waals surface area contributed by atoms with Crippen molar-refractivity contribution in [3.8, 4) is 5.75 Å². The summed E-state index contributed by atoms with van der Waals surface area (Å²) < 4.78 is 5.64. The molecule has 2 aromatic rings. The average molecular weight is 367 g/mol. The van der Waals surface area contributed by atoms with E-state index in [9.17, 15) is 9.59 Å². The van der Waals surface area contributed by atoms with Crippen LogP contribution in [0.25, 0.3) is 0 Å². The summed E-state index contributed by atoms with van der Waals surface area (Å²) in [5, 5.41) is 0. The molecule has 0 spiro atoms. The van der Waals surface area contributed by atoms with Crippen LogP contribution in [0.2, 0.25) is 0 Å². The lowest BCUT2D eigenvalue weighted by Crippen LogP contribution is -2.38. The Bertz CT molecular complexity index is 816. The van der Waals surface area contributed by atoms with Gasteiger partial charge in [-0.3, -0.25) is 9.59 Å². The molecular formula is C21H25N3O3. The highest BCUT2D eigenvalue weighted by Crippen LogP contribution is 2.26. The molecule has 1 saturated heterocycles. The molecule has 27 heavy (non-hydrogen) atoms. The van der Waals surface area contributed by atoms with Crippen molar-refractivity contribution >= 4 is 11.8 Å². The van der Waals surface area contributed by atoms with Gasteiger partial charge in [-0.25, -0.2) is 0 Å². The molecule has 0 bridgehead atoms. The molecule has 6 nitrogen and oxygen atoms in total. The van der Waals surface area contributed by atoms with Gasteiger partial charge < -0.3 is 19.5 Å². The monoisotopic (exact) mass is 367 g/mol. The van der Waals surface area contributed by atoms with Crippen LogP contribution in [0.15, 0.2) is 36.5 Å². The standard InChI is InChI=1S/C21H25N3O3/c25-20(15-18-5-1-8-22-18)23-9-3-10-24(12-11-23)21(26)17-6-7-19-16(14-17)4-2-13-27-19/h1,5-8,14,22H,2-4,9-13,15H2. The molecule has 0 radical (unpaired) electrons. The van der Waals surface area contributed by atoms with E-state index in [1.807, 2.05) is 46.3 Å². The second kappa shape index (κ2) is 7.86. The van der Waals surface area contributed by atoms with Gasteiger partial charge >= 0.3 is 0 Å². The summed E-state index contributed by atoms with van der Waals surface area (Å²) in [6.07, 6.45) is 4.96. The van der Waals surface area contributed by atoms with Gasteiger partial charge in [-0.1, -0.05) is 0 Å². The number of carbonyl (C=O) groups excluding carboxylic acids is 2. The van der Waals surface area contributed by atoms with E-state index in [4.69, 9.17) is 4.74 Å². The van der Waals surface area contributed by atoms with Crippen LogP contribution in [0.1, 0.15) is 34.5 Å². The molecule has 6 heteroatoms. The van der Waals surface area contributed by atoms with Gasteiger partial charge in [0.1, 0.15) is 5.75 Å². The third-order valence-corrected chi connectivity index (χ3v) is 5.30. The topological polar surface area (TPSA) is 65.6 Å². The third-order valence-electron chi connectivity index (χ3n) is 5.30. The fraction of sp³-hybridized carbons (Fsp3) is 0.429. The molecule has 2 amide bonds. The normalized spacial score (nSPS) is 17.0. The van der Waals surface area contributed by atoms with E-state index in [1.54, 1.807) is 0 Å². The number of hydrogen-bond acceptors (Lipinski definition) is 3. The van der Waals surface area contributed by atoms with E-state index in [0.717, 1.165) is 42.9 Å². The number of nitrogens with zero attached hydrogens (tertiary/aromatic N) is 2. The van der Waals surface area contributed by atoms with Gasteiger partial charge in [0.05, 0.1) is 13.0 Å². The van der Waals surface area contributed by atoms with Crippen molar-refractivity contribution in [1.82, 2.24) is 14.8 Å². The Morgan fingerprint density at radius 2 is 1.89 bits per heavy atom. The highest BCUT2D eigenvalue weighted by atomic mass is 16.5. The maximum Gasteiger partial charge on any atom is 0.253 e. The van der Waals surface area contributed by atoms with Gasteiger partial charge in [-0.2, -0.15) is 0 Å². The van der Waals surface area contributed by atoms with Crippen LogP contribution < -0.4 is 4.74 Å². The van der Waals surface area contributed by atoms with E-state index in [2.05, 4.69) is 4.98 Å². The van der Waals surface area contributed by atoms with Crippen LogP contribution in [-0.2, 0) is 17.6 Å². The van der Waals surface area contributed by atoms with Gasteiger partial charge in [0.15, 0.2) is 0 Å². The SMILES string of the molecule is O=C(Cc1ccc[nH]1)N1CCCN(C(=O)c2ccc3c(c2)CCCO3)CC1. The minimum absolute atomic E-state index is 0.0436. The summed E-state index contributed by atoms with van der Waals surface area (Å²) in [5.74, 6) is 1.05. The molecule has 4 rings (SSSR count). The number of benzene rings is 1. The molecule has 142 valence electrons. The van der Waals surface area contributed by atoms with Crippen molar-refractivity contribution in [3.63, 3.8) is 0 Å². The number of aromatic nitrogens is 1. The second-order valence-corrected chi connectivity index (χ2v) is 7.17. The van der Waals surface area contributed by atoms with E-state index in [0.29, 0.717) is 38.2 Å². The Hall–Kier alpha value is -2.76. The lowest BCUT2D eigenvalue weighted by Gasteiger charge is -2.23. The Labute approximate surface area is 159 Å². The first-order valence-corrected chi connectivity index (χ1v) is 9.66. The molecular weight excluding hydrogens is 342 g/mol. The summed E-state index contributed by atoms with van der Waals surface area (Å²) in [6, 6.07) is 9.55. The zero-order chi connectivity index (χ0) is 18.6. The van der Waals surface area contributed by atoms with Crippen LogP contribution in [0.4, 0.5) is 0 Å². The largest absolute Gasteiger partial charge is 0.493 e. The Kier molecular flexibility index (Phi) is 5.14. The lowest BCUT2D eigenvalue weighted by molar-refractivity contribution is -0.130. The number of nitrogens with one attached hydrogen (secondary N) is 1. The zero-order valence-corrected chi connectivity index (χ0v) is 15.4. The maximum absolute atomic E-state index is 12.9. The van der Waals surface area contributed by atoms with Gasteiger partial charge in [0.25, 0.3) is 5.91 Å². The third kappa shape index (κ3) is 3.99. The molecule has 0 atom stereocenters. The van der Waals surface area contributed by atoms with Crippen molar-refractivity contribution in [2.24, 2.45) is 0 Å². The number of carbonyl (C=O) groups is 2. The molecule has 0 unspecified atom stereocenters. The van der Waals surface area contributed by atoms with Crippen molar-refractivity contribution in [2.45, 2.75) is 25.7 Å². The summed E-state index contributed by atoms with van der Waals surface area (Å²) in [5.41, 5.74) is 2.75. The molecule has 2 aliphatic rings. The minimum Gasteiger partial charge on any atom is -0.493 e. The summed E-state index contributed by atoms with van der Waals surface area (Å²) >= 11 is 0. The first kappa shape index (κ1) is 17.6. The molecule has 3 heterocycles. The number of amides is 2. The van der Waals surface area contributed by atoms with Crippen LogP contribution in [0.3, 0.4) is 0 Å². The van der Waals surface area contributed by atoms with E-state index in [-0.39, 0.29) is 11.8 Å². The highest BCUT2D eigenvalue weighted by Gasteiger charge is 2.24. The number of aryl methyl sites for hydroxylation is 1. The van der Waals surface area contributed by atoms with E-state index in [1.165, 1.54) is 0 Å². The van der Waals surface area contributed by atoms with Crippen LogP contribution in [0, 0.1) is 0 Å². The first-order chi connectivity index (χ1) is 13.2. The summed E-state index contributed by atoms with van der Waals surface area (Å²) in [4.78, 5) is 32.3. The smallest absolute Gasteiger partial charge is 0.253 e. The van der Waals surface area contributed by atoms with E-state index < -0.39 is 0 Å². The zero-order valence-electron chi connectivity index (χ0n) is 15.4. The highest BCUT2D eigenvalue weighted by molar-refractivity contribution is 5.94. The van der Waals surface area contributed by atoms with Gasteiger partial charge in [0.2, 0.25) is 5.91 Å². The van der Waals surface area contributed by atoms with Crippen molar-refractivity contribution in [2.75, 3.05) is 32.8 Å². The Morgan fingerprint density at radius 3 is 2.74 bits per heavy atom. The molecule has 2 aliphatic heterocycles. The molecule has 1 aromatic carbocycles. The van der Waals surface area contributed by atoms with Gasteiger partial charge in [-0.15, -0.1) is 0 Å². The lowest BCUT2D eigenvalue weighted by atomic mass is 10.0. The Morgan fingerprint density at radius 1 is 1.04 bits per heavy atom. The fourth-order valence-corrected chi connectivity index (χ4v) is 3.80. The second-order valence-electron chi connectivity index (χ2n) is 7.17. The molecule has 0 aliphatic carbocycles. The first-order valence-electron chi connectivity index (χ1n) is 9.66. The summed E-state index contributed by atoms with van der Waals surface area (Å²) in [7, 11) is 0. The fourth-order valence-electron chi connectivity index (χ4n) is 3.80. The van der Waals surface area contributed by atoms with Crippen LogP contribution >= 0.6 is 0 Å². The number of aromatic amines is 1. The average Bonchev–Trinajstić information content (AvgIpc) is 3.08. The molecule has 1 N–H and O–H groups in total. The number of ether oxygens (including phenoxy) is 1. The number of H-pyrrole nitrogens is 1. The summed E-state index contributed by atoms with van der Waals surface area (Å²) in [6.45, 7) is 3.28. The predicted octanol–water partition coefficient (Wildman–Crippen LogP) is 2.26. The number of hydrogen-bond donors (Lipinski definition) is 1. The van der Waals surface area contributed by atoms with Gasteiger partial charge in [-0.05, 0) is 55.2 Å². The van der Waals surface area contributed by atoms with Crippen molar-refractivity contribution < 1.29 is 14.3 Å². The van der Waals surface area contributed by atoms with Gasteiger partial charge in [0, 0.05) is 43.6 Å². The maximum atomic E-state index is 12.9. The van der Waals surface area contributed by atoms with Crippen molar-refractivity contribution in [1.29, 1.82) is 0 Å². The van der Waals surface area contributed by atoms with Crippen molar-refractivity contribution in [3.05, 3.63) is 53.3 Å². The molecule has 0 saturated carbocycles. The molecule has 1 fully saturated rings. The quantitative estimate of drug-likeness (QED) is 0.905. The molecule has 1 aromatic heterocycles. The Balaban J connectivity index is 1.39. The number of rotatable bonds is 3. The number of fused-ring (bicyclic) bond motifs is 1.